The molecule has 5 nitrogen and oxygen atoms in total. The minimum atomic E-state index is -3.66. The zero-order valence-electron chi connectivity index (χ0n) is 10.6. The number of hydrogen-bond acceptors (Lipinski definition) is 3. The second-order valence-electron chi connectivity index (χ2n) is 4.37. The Morgan fingerprint density at radius 3 is 2.44 bits per heavy atom. The summed E-state index contributed by atoms with van der Waals surface area (Å²) in [5.74, 6) is -1.04. The number of aliphatic carboxylic acids is 1. The van der Waals surface area contributed by atoms with E-state index in [-0.39, 0.29) is 11.3 Å². The molecule has 0 aliphatic rings. The van der Waals surface area contributed by atoms with E-state index in [0.29, 0.717) is 0 Å². The van der Waals surface area contributed by atoms with Crippen molar-refractivity contribution in [2.45, 2.75) is 38.1 Å². The van der Waals surface area contributed by atoms with Crippen molar-refractivity contribution in [2.24, 2.45) is 0 Å². The minimum absolute atomic E-state index is 0.155. The molecular weight excluding hydrogens is 254 g/mol. The summed E-state index contributed by atoms with van der Waals surface area (Å²) in [5.41, 5.74) is 1.89. The molecule has 1 unspecified atom stereocenters. The molecule has 100 valence electrons. The fourth-order valence-corrected chi connectivity index (χ4v) is 2.85. The Hall–Kier alpha value is -1.40. The van der Waals surface area contributed by atoms with E-state index < -0.39 is 22.0 Å². The summed E-state index contributed by atoms with van der Waals surface area (Å²) in [5, 5.41) is 8.60. The number of nitrogens with one attached hydrogen (secondary N) is 1. The molecular formula is C12H17NO4S. The Balaban J connectivity index is 2.92. The number of sulfonamides is 1. The van der Waals surface area contributed by atoms with Crippen molar-refractivity contribution in [3.8, 4) is 0 Å². The Kier molecular flexibility index (Phi) is 4.48. The first-order chi connectivity index (χ1) is 8.22. The van der Waals surface area contributed by atoms with Gasteiger partial charge in [0.2, 0.25) is 10.0 Å². The molecule has 0 radical (unpaired) electrons. The standard InChI is InChI=1S/C12H17NO4S/c1-8-4-5-11(6-9(8)2)18(16,17)13-10(3)7-12(14)15/h4-6,10,13H,7H2,1-3H3,(H,14,15). The van der Waals surface area contributed by atoms with Crippen LogP contribution >= 0.6 is 0 Å². The predicted octanol–water partition coefficient (Wildman–Crippen LogP) is 1.44. The van der Waals surface area contributed by atoms with E-state index >= 15 is 0 Å². The maximum atomic E-state index is 12.0. The van der Waals surface area contributed by atoms with Crippen molar-refractivity contribution >= 4 is 16.0 Å². The van der Waals surface area contributed by atoms with Crippen molar-refractivity contribution in [1.29, 1.82) is 0 Å². The van der Waals surface area contributed by atoms with Crippen LogP contribution in [-0.4, -0.2) is 25.5 Å². The Labute approximate surface area is 107 Å². The van der Waals surface area contributed by atoms with E-state index in [4.69, 9.17) is 5.11 Å². The van der Waals surface area contributed by atoms with Crippen LogP contribution in [-0.2, 0) is 14.8 Å². The topological polar surface area (TPSA) is 83.5 Å². The van der Waals surface area contributed by atoms with E-state index in [0.717, 1.165) is 11.1 Å². The second kappa shape index (κ2) is 5.49. The molecule has 6 heteroatoms. The third-order valence-corrected chi connectivity index (χ3v) is 4.21. The van der Waals surface area contributed by atoms with Gasteiger partial charge in [-0.05, 0) is 44.0 Å². The van der Waals surface area contributed by atoms with Crippen LogP contribution in [0.5, 0.6) is 0 Å². The Morgan fingerprint density at radius 2 is 1.94 bits per heavy atom. The summed E-state index contributed by atoms with van der Waals surface area (Å²) in [7, 11) is -3.66. The number of rotatable bonds is 5. The number of aryl methyl sites for hydroxylation is 2. The molecule has 0 aliphatic heterocycles. The summed E-state index contributed by atoms with van der Waals surface area (Å²) >= 11 is 0. The molecule has 1 aromatic carbocycles. The Morgan fingerprint density at radius 1 is 1.33 bits per heavy atom. The third-order valence-electron chi connectivity index (χ3n) is 2.63. The zero-order chi connectivity index (χ0) is 13.9. The largest absolute Gasteiger partial charge is 0.481 e. The molecule has 2 N–H and O–H groups in total. The van der Waals surface area contributed by atoms with E-state index in [9.17, 15) is 13.2 Å². The predicted molar refractivity (Wildman–Crippen MR) is 68.0 cm³/mol. The van der Waals surface area contributed by atoms with Crippen LogP contribution in [0.3, 0.4) is 0 Å². The molecule has 1 atom stereocenters. The lowest BCUT2D eigenvalue weighted by Crippen LogP contribution is -2.34. The zero-order valence-corrected chi connectivity index (χ0v) is 11.4. The first kappa shape index (κ1) is 14.7. The maximum Gasteiger partial charge on any atom is 0.304 e. The lowest BCUT2D eigenvalue weighted by atomic mass is 10.1. The lowest BCUT2D eigenvalue weighted by molar-refractivity contribution is -0.137. The molecule has 0 fully saturated rings. The molecule has 18 heavy (non-hydrogen) atoms. The lowest BCUT2D eigenvalue weighted by Gasteiger charge is -2.13. The normalized spacial score (nSPS) is 13.3. The summed E-state index contributed by atoms with van der Waals surface area (Å²) in [6, 6.07) is 4.17. The van der Waals surface area contributed by atoms with Gasteiger partial charge in [0.15, 0.2) is 0 Å². The van der Waals surface area contributed by atoms with Crippen molar-refractivity contribution in [3.05, 3.63) is 29.3 Å². The first-order valence-corrected chi connectivity index (χ1v) is 7.02. The molecule has 0 bridgehead atoms. The average Bonchev–Trinajstić information content (AvgIpc) is 2.19. The summed E-state index contributed by atoms with van der Waals surface area (Å²) < 4.78 is 26.3. The highest BCUT2D eigenvalue weighted by molar-refractivity contribution is 7.89. The molecule has 1 rings (SSSR count). The molecule has 0 amide bonds. The van der Waals surface area contributed by atoms with Crippen molar-refractivity contribution in [2.75, 3.05) is 0 Å². The third kappa shape index (κ3) is 3.82. The fraction of sp³-hybridized carbons (Fsp3) is 0.417. The van der Waals surface area contributed by atoms with Crippen LogP contribution in [0, 0.1) is 13.8 Å². The molecule has 0 aromatic heterocycles. The smallest absolute Gasteiger partial charge is 0.304 e. The van der Waals surface area contributed by atoms with Gasteiger partial charge in [-0.15, -0.1) is 0 Å². The van der Waals surface area contributed by atoms with Gasteiger partial charge in [0.25, 0.3) is 0 Å². The van der Waals surface area contributed by atoms with Crippen LogP contribution in [0.15, 0.2) is 23.1 Å². The quantitative estimate of drug-likeness (QED) is 0.849. The van der Waals surface area contributed by atoms with E-state index in [1.54, 1.807) is 12.1 Å². The number of benzene rings is 1. The highest BCUT2D eigenvalue weighted by Gasteiger charge is 2.19. The fourth-order valence-electron chi connectivity index (χ4n) is 1.52. The van der Waals surface area contributed by atoms with E-state index in [1.165, 1.54) is 13.0 Å². The van der Waals surface area contributed by atoms with Gasteiger partial charge in [-0.2, -0.15) is 0 Å². The minimum Gasteiger partial charge on any atom is -0.481 e. The van der Waals surface area contributed by atoms with Crippen LogP contribution in [0.1, 0.15) is 24.5 Å². The van der Waals surface area contributed by atoms with Crippen molar-refractivity contribution < 1.29 is 18.3 Å². The van der Waals surface area contributed by atoms with Gasteiger partial charge in [0.05, 0.1) is 11.3 Å². The van der Waals surface area contributed by atoms with Crippen LogP contribution < -0.4 is 4.72 Å². The van der Waals surface area contributed by atoms with Gasteiger partial charge in [-0.1, -0.05) is 6.07 Å². The van der Waals surface area contributed by atoms with E-state index in [1.807, 2.05) is 13.8 Å². The molecule has 0 spiro atoms. The maximum absolute atomic E-state index is 12.0. The monoisotopic (exact) mass is 271 g/mol. The van der Waals surface area contributed by atoms with Gasteiger partial charge in [0.1, 0.15) is 0 Å². The molecule has 1 aromatic rings. The van der Waals surface area contributed by atoms with Gasteiger partial charge < -0.3 is 5.11 Å². The van der Waals surface area contributed by atoms with Gasteiger partial charge in [-0.25, -0.2) is 13.1 Å². The first-order valence-electron chi connectivity index (χ1n) is 5.54. The second-order valence-corrected chi connectivity index (χ2v) is 6.08. The summed E-state index contributed by atoms with van der Waals surface area (Å²) in [4.78, 5) is 10.7. The molecule has 0 heterocycles. The van der Waals surface area contributed by atoms with Crippen molar-refractivity contribution in [1.82, 2.24) is 4.72 Å². The number of carboxylic acids is 1. The molecule has 0 saturated carbocycles. The SMILES string of the molecule is Cc1ccc(S(=O)(=O)NC(C)CC(=O)O)cc1C. The van der Waals surface area contributed by atoms with Crippen LogP contribution in [0.2, 0.25) is 0 Å². The van der Waals surface area contributed by atoms with Crippen LogP contribution in [0.4, 0.5) is 0 Å². The molecule has 0 saturated heterocycles. The van der Waals surface area contributed by atoms with Gasteiger partial charge in [0, 0.05) is 6.04 Å². The van der Waals surface area contributed by atoms with Gasteiger partial charge >= 0.3 is 5.97 Å². The highest BCUT2D eigenvalue weighted by atomic mass is 32.2. The Bertz CT molecular complexity index is 551. The highest BCUT2D eigenvalue weighted by Crippen LogP contribution is 2.15. The number of carboxylic acid groups (broad SMARTS) is 1. The summed E-state index contributed by atoms with van der Waals surface area (Å²) in [6.45, 7) is 5.24. The number of hydrogen-bond donors (Lipinski definition) is 2. The van der Waals surface area contributed by atoms with Crippen LogP contribution in [0.25, 0.3) is 0 Å². The van der Waals surface area contributed by atoms with Gasteiger partial charge in [-0.3, -0.25) is 4.79 Å². The average molecular weight is 271 g/mol. The van der Waals surface area contributed by atoms with E-state index in [2.05, 4.69) is 4.72 Å². The summed E-state index contributed by atoms with van der Waals surface area (Å²) in [6.07, 6.45) is -0.246. The number of carbonyl (C=O) groups is 1. The van der Waals surface area contributed by atoms with Crippen molar-refractivity contribution in [3.63, 3.8) is 0 Å². The molecule has 0 aliphatic carbocycles.